The van der Waals surface area contributed by atoms with E-state index in [1.807, 2.05) is 4.90 Å². The van der Waals surface area contributed by atoms with Crippen molar-refractivity contribution in [2.75, 3.05) is 6.54 Å². The molecule has 6 heteroatoms. The van der Waals surface area contributed by atoms with Crippen LogP contribution in [-0.4, -0.2) is 44.4 Å². The molecule has 1 saturated heterocycles. The lowest BCUT2D eigenvalue weighted by atomic mass is 10.1. The van der Waals surface area contributed by atoms with Crippen LogP contribution in [0.1, 0.15) is 40.2 Å². The Bertz CT molecular complexity index is 500. The van der Waals surface area contributed by atoms with Gasteiger partial charge in [-0.25, -0.2) is 14.8 Å². The zero-order valence-corrected chi connectivity index (χ0v) is 9.74. The van der Waals surface area contributed by atoms with Crippen molar-refractivity contribution in [1.29, 1.82) is 0 Å². The van der Waals surface area contributed by atoms with Crippen molar-refractivity contribution in [1.82, 2.24) is 14.9 Å². The zero-order chi connectivity index (χ0) is 12.7. The molecule has 0 radical (unpaired) electrons. The molecule has 2 atom stereocenters. The summed E-state index contributed by atoms with van der Waals surface area (Å²) in [7, 11) is 0. The average Bonchev–Trinajstić information content (AvgIpc) is 3.00. The lowest BCUT2D eigenvalue weighted by molar-refractivity contribution is 0.0676. The largest absolute Gasteiger partial charge is 0.476 e. The van der Waals surface area contributed by atoms with Gasteiger partial charge in [-0.05, 0) is 25.2 Å². The molecule has 1 aromatic rings. The van der Waals surface area contributed by atoms with Crippen LogP contribution in [0.3, 0.4) is 0 Å². The first kappa shape index (κ1) is 11.1. The van der Waals surface area contributed by atoms with E-state index in [0.717, 1.165) is 25.6 Å². The Labute approximate surface area is 104 Å². The maximum absolute atomic E-state index is 12.2. The molecule has 1 aromatic heterocycles. The van der Waals surface area contributed by atoms with Crippen LogP contribution in [0.2, 0.25) is 0 Å². The molecule has 2 aliphatic rings. The standard InChI is InChI=1S/C12H13N3O3/c16-11(15-6-7-1-2-8(15)3-7)9-4-14-10(5-13-9)12(17)18/h4-5,7-8H,1-3,6H2,(H,17,18). The summed E-state index contributed by atoms with van der Waals surface area (Å²) in [5.41, 5.74) is 0.0852. The maximum Gasteiger partial charge on any atom is 0.356 e. The smallest absolute Gasteiger partial charge is 0.356 e. The molecule has 0 spiro atoms. The minimum Gasteiger partial charge on any atom is -0.476 e. The van der Waals surface area contributed by atoms with Crippen molar-refractivity contribution in [2.24, 2.45) is 5.92 Å². The quantitative estimate of drug-likeness (QED) is 0.835. The number of aromatic carboxylic acids is 1. The molecule has 18 heavy (non-hydrogen) atoms. The van der Waals surface area contributed by atoms with Crippen molar-refractivity contribution in [3.63, 3.8) is 0 Å². The van der Waals surface area contributed by atoms with E-state index >= 15 is 0 Å². The third-order valence-corrected chi connectivity index (χ3v) is 3.76. The highest BCUT2D eigenvalue weighted by atomic mass is 16.4. The highest BCUT2D eigenvalue weighted by Gasteiger charge is 2.40. The number of hydrogen-bond acceptors (Lipinski definition) is 4. The van der Waals surface area contributed by atoms with Crippen molar-refractivity contribution < 1.29 is 14.7 Å². The minimum atomic E-state index is -1.14. The molecule has 2 fully saturated rings. The fourth-order valence-electron chi connectivity index (χ4n) is 2.87. The second-order valence-corrected chi connectivity index (χ2v) is 4.88. The molecule has 2 heterocycles. The second kappa shape index (κ2) is 4.04. The molecule has 1 N–H and O–H groups in total. The van der Waals surface area contributed by atoms with Crippen LogP contribution >= 0.6 is 0 Å². The van der Waals surface area contributed by atoms with Crippen LogP contribution in [0.25, 0.3) is 0 Å². The third kappa shape index (κ3) is 1.73. The van der Waals surface area contributed by atoms with Gasteiger partial charge in [0.05, 0.1) is 12.4 Å². The number of carboxylic acids is 1. The van der Waals surface area contributed by atoms with Crippen molar-refractivity contribution in [3.8, 4) is 0 Å². The van der Waals surface area contributed by atoms with Crippen LogP contribution in [0, 0.1) is 5.92 Å². The van der Waals surface area contributed by atoms with E-state index in [0.29, 0.717) is 12.0 Å². The van der Waals surface area contributed by atoms with Crippen molar-refractivity contribution >= 4 is 11.9 Å². The summed E-state index contributed by atoms with van der Waals surface area (Å²) < 4.78 is 0. The average molecular weight is 247 g/mol. The molecule has 2 unspecified atom stereocenters. The minimum absolute atomic E-state index is 0.133. The number of carboxylic acid groups (broad SMARTS) is 1. The number of fused-ring (bicyclic) bond motifs is 2. The molecular weight excluding hydrogens is 234 g/mol. The summed E-state index contributed by atoms with van der Waals surface area (Å²) >= 11 is 0. The molecule has 0 aromatic carbocycles. The molecule has 1 saturated carbocycles. The van der Waals surface area contributed by atoms with Gasteiger partial charge in [-0.2, -0.15) is 0 Å². The number of carbonyl (C=O) groups is 2. The number of carbonyl (C=O) groups excluding carboxylic acids is 1. The lowest BCUT2D eigenvalue weighted by Crippen LogP contribution is -2.38. The van der Waals surface area contributed by atoms with Gasteiger partial charge in [-0.15, -0.1) is 0 Å². The summed E-state index contributed by atoms with van der Waals surface area (Å²) in [4.78, 5) is 32.3. The number of rotatable bonds is 2. The Hall–Kier alpha value is -1.98. The van der Waals surface area contributed by atoms with Gasteiger partial charge in [0.2, 0.25) is 0 Å². The topological polar surface area (TPSA) is 83.4 Å². The summed E-state index contributed by atoms with van der Waals surface area (Å²) in [6.45, 7) is 0.797. The maximum atomic E-state index is 12.2. The fourth-order valence-corrected chi connectivity index (χ4v) is 2.87. The van der Waals surface area contributed by atoms with Crippen LogP contribution < -0.4 is 0 Å². The van der Waals surface area contributed by atoms with E-state index in [1.54, 1.807) is 0 Å². The Morgan fingerprint density at radius 2 is 1.94 bits per heavy atom. The Balaban J connectivity index is 1.78. The molecule has 2 bridgehead atoms. The summed E-state index contributed by atoms with van der Waals surface area (Å²) in [6, 6.07) is 0.337. The Morgan fingerprint density at radius 1 is 1.22 bits per heavy atom. The number of amides is 1. The molecule has 1 aliphatic heterocycles. The van der Waals surface area contributed by atoms with Crippen LogP contribution in [0.4, 0.5) is 0 Å². The first-order valence-electron chi connectivity index (χ1n) is 6.01. The predicted octanol–water partition coefficient (Wildman–Crippen LogP) is 0.799. The highest BCUT2D eigenvalue weighted by molar-refractivity contribution is 5.93. The van der Waals surface area contributed by atoms with E-state index in [4.69, 9.17) is 5.11 Å². The van der Waals surface area contributed by atoms with E-state index in [2.05, 4.69) is 9.97 Å². The van der Waals surface area contributed by atoms with E-state index in [1.165, 1.54) is 12.6 Å². The highest BCUT2D eigenvalue weighted by Crippen LogP contribution is 2.37. The zero-order valence-electron chi connectivity index (χ0n) is 9.74. The van der Waals surface area contributed by atoms with Crippen LogP contribution in [0.5, 0.6) is 0 Å². The van der Waals surface area contributed by atoms with Gasteiger partial charge in [0.15, 0.2) is 5.69 Å². The third-order valence-electron chi connectivity index (χ3n) is 3.76. The number of nitrogens with zero attached hydrogens (tertiary/aromatic N) is 3. The first-order valence-corrected chi connectivity index (χ1v) is 6.01. The second-order valence-electron chi connectivity index (χ2n) is 4.88. The number of likely N-dealkylation sites (tertiary alicyclic amines) is 1. The molecule has 94 valence electrons. The van der Waals surface area contributed by atoms with E-state index in [-0.39, 0.29) is 17.3 Å². The molecule has 1 aliphatic carbocycles. The Kier molecular flexibility index (Phi) is 2.50. The summed E-state index contributed by atoms with van der Waals surface area (Å²) in [5.74, 6) is -0.640. The van der Waals surface area contributed by atoms with Gasteiger partial charge < -0.3 is 10.0 Å². The van der Waals surface area contributed by atoms with Gasteiger partial charge in [-0.1, -0.05) is 0 Å². The lowest BCUT2D eigenvalue weighted by Gasteiger charge is -2.26. The SMILES string of the molecule is O=C(O)c1cnc(C(=O)N2CC3CCC2C3)cn1. The van der Waals surface area contributed by atoms with Crippen molar-refractivity contribution in [2.45, 2.75) is 25.3 Å². The van der Waals surface area contributed by atoms with Gasteiger partial charge >= 0.3 is 5.97 Å². The van der Waals surface area contributed by atoms with Crippen LogP contribution in [0.15, 0.2) is 12.4 Å². The molecule has 3 rings (SSSR count). The van der Waals surface area contributed by atoms with Gasteiger partial charge in [0.25, 0.3) is 5.91 Å². The summed E-state index contributed by atoms with van der Waals surface area (Å²) in [6.07, 6.45) is 5.74. The van der Waals surface area contributed by atoms with Gasteiger partial charge in [0.1, 0.15) is 5.69 Å². The fraction of sp³-hybridized carbons (Fsp3) is 0.500. The number of aromatic nitrogens is 2. The van der Waals surface area contributed by atoms with E-state index < -0.39 is 5.97 Å². The number of piperidine rings is 1. The number of hydrogen-bond donors (Lipinski definition) is 1. The normalized spacial score (nSPS) is 25.4. The molecule has 6 nitrogen and oxygen atoms in total. The molecular formula is C12H13N3O3. The summed E-state index contributed by atoms with van der Waals surface area (Å²) in [5, 5.41) is 8.71. The van der Waals surface area contributed by atoms with Crippen LogP contribution in [-0.2, 0) is 0 Å². The Morgan fingerprint density at radius 3 is 2.44 bits per heavy atom. The van der Waals surface area contributed by atoms with Gasteiger partial charge in [0, 0.05) is 12.6 Å². The first-order chi connectivity index (χ1) is 8.65. The predicted molar refractivity (Wildman–Crippen MR) is 61.2 cm³/mol. The molecule has 1 amide bonds. The van der Waals surface area contributed by atoms with Crippen molar-refractivity contribution in [3.05, 3.63) is 23.8 Å². The monoisotopic (exact) mass is 247 g/mol. The van der Waals surface area contributed by atoms with E-state index in [9.17, 15) is 9.59 Å². The van der Waals surface area contributed by atoms with Gasteiger partial charge in [-0.3, -0.25) is 4.79 Å².